The van der Waals surface area contributed by atoms with E-state index in [-0.39, 0.29) is 18.0 Å². The molecule has 1 aliphatic rings. The van der Waals surface area contributed by atoms with E-state index in [4.69, 9.17) is 0 Å². The van der Waals surface area contributed by atoms with Crippen molar-refractivity contribution in [1.82, 2.24) is 10.2 Å². The molecule has 8 nitrogen and oxygen atoms in total. The van der Waals surface area contributed by atoms with Gasteiger partial charge in [0.1, 0.15) is 11.3 Å². The molecule has 3 rings (SSSR count). The van der Waals surface area contributed by atoms with E-state index < -0.39 is 35.2 Å². The van der Waals surface area contributed by atoms with Crippen LogP contribution in [0.3, 0.4) is 0 Å². The zero-order valence-corrected chi connectivity index (χ0v) is 15.6. The summed E-state index contributed by atoms with van der Waals surface area (Å²) in [6.07, 6.45) is -4.46. The number of carbonyl (C=O) groups excluding carboxylic acids is 2. The van der Waals surface area contributed by atoms with Gasteiger partial charge in [-0.25, -0.2) is 4.79 Å². The molecule has 1 unspecified atom stereocenters. The fraction of sp³-hybridized carbons (Fsp3) is 0.263. The zero-order valence-electron chi connectivity index (χ0n) is 15.6. The molecule has 30 heavy (non-hydrogen) atoms. The minimum atomic E-state index is -4.46. The van der Waals surface area contributed by atoms with E-state index in [0.29, 0.717) is 11.1 Å². The topological polar surface area (TPSA) is 102 Å². The van der Waals surface area contributed by atoms with Gasteiger partial charge in [0.2, 0.25) is 0 Å². The van der Waals surface area contributed by atoms with Crippen LogP contribution in [0.5, 0.6) is 5.75 Å². The molecular weight excluding hydrogens is 407 g/mol. The standard InChI is InChI=1S/C19H16F3N3O5/c1-18(13-4-6-14(7-5-13)25(28)29)16(26)24(17(27)23-18)10-12-2-8-15(9-3-12)30-11-19(20,21)22/h2-9H,10-11H2,1H3,(H,23,27). The number of imide groups is 1. The third kappa shape index (κ3) is 4.34. The summed E-state index contributed by atoms with van der Waals surface area (Å²) in [5.41, 5.74) is -0.665. The first-order valence-corrected chi connectivity index (χ1v) is 8.67. The SMILES string of the molecule is CC1(c2ccc([N+](=O)[O-])cc2)NC(=O)N(Cc2ccc(OCC(F)(F)F)cc2)C1=O. The summed E-state index contributed by atoms with van der Waals surface area (Å²) >= 11 is 0. The van der Waals surface area contributed by atoms with Crippen LogP contribution in [0.2, 0.25) is 0 Å². The molecule has 0 radical (unpaired) electrons. The molecule has 1 heterocycles. The summed E-state index contributed by atoms with van der Waals surface area (Å²) in [5, 5.41) is 13.4. The number of nitro groups is 1. The van der Waals surface area contributed by atoms with Gasteiger partial charge in [-0.05, 0) is 42.3 Å². The second-order valence-electron chi connectivity index (χ2n) is 6.80. The van der Waals surface area contributed by atoms with Gasteiger partial charge in [-0.15, -0.1) is 0 Å². The number of benzene rings is 2. The van der Waals surface area contributed by atoms with Gasteiger partial charge in [0.15, 0.2) is 6.61 Å². The number of nitrogens with one attached hydrogen (secondary N) is 1. The molecule has 3 amide bonds. The number of hydrogen-bond donors (Lipinski definition) is 1. The highest BCUT2D eigenvalue weighted by molar-refractivity contribution is 6.07. The van der Waals surface area contributed by atoms with Gasteiger partial charge in [-0.2, -0.15) is 13.2 Å². The van der Waals surface area contributed by atoms with Crippen LogP contribution in [0.4, 0.5) is 23.7 Å². The third-order valence-electron chi connectivity index (χ3n) is 4.60. The summed E-state index contributed by atoms with van der Waals surface area (Å²) in [4.78, 5) is 36.5. The molecule has 2 aromatic carbocycles. The summed E-state index contributed by atoms with van der Waals surface area (Å²) in [5.74, 6) is -0.553. The lowest BCUT2D eigenvalue weighted by Crippen LogP contribution is -2.40. The Kier molecular flexibility index (Phi) is 5.38. The van der Waals surface area contributed by atoms with Crippen LogP contribution >= 0.6 is 0 Å². The van der Waals surface area contributed by atoms with Gasteiger partial charge in [-0.3, -0.25) is 19.8 Å². The molecule has 1 aliphatic heterocycles. The molecule has 0 aliphatic carbocycles. The van der Waals surface area contributed by atoms with Crippen molar-refractivity contribution in [1.29, 1.82) is 0 Å². The Labute approximate surface area is 168 Å². The number of halogens is 3. The van der Waals surface area contributed by atoms with Gasteiger partial charge in [0, 0.05) is 12.1 Å². The summed E-state index contributed by atoms with van der Waals surface area (Å²) in [6, 6.07) is 10.1. The quantitative estimate of drug-likeness (QED) is 0.435. The first-order chi connectivity index (χ1) is 14.0. The van der Waals surface area contributed by atoms with E-state index in [1.807, 2.05) is 0 Å². The smallest absolute Gasteiger partial charge is 0.422 e. The Morgan fingerprint density at radius 2 is 1.70 bits per heavy atom. The number of urea groups is 1. The van der Waals surface area contributed by atoms with E-state index in [0.717, 1.165) is 4.90 Å². The lowest BCUT2D eigenvalue weighted by molar-refractivity contribution is -0.384. The van der Waals surface area contributed by atoms with E-state index in [2.05, 4.69) is 10.1 Å². The fourth-order valence-electron chi connectivity index (χ4n) is 2.99. The normalized spacial score (nSPS) is 19.0. The molecule has 1 saturated heterocycles. The number of nitrogens with zero attached hydrogens (tertiary/aromatic N) is 2. The highest BCUT2D eigenvalue weighted by atomic mass is 19.4. The highest BCUT2D eigenvalue weighted by Gasteiger charge is 2.49. The van der Waals surface area contributed by atoms with E-state index in [9.17, 15) is 32.9 Å². The minimum absolute atomic E-state index is 0.00370. The van der Waals surface area contributed by atoms with Crippen molar-refractivity contribution in [2.24, 2.45) is 0 Å². The molecule has 2 aromatic rings. The summed E-state index contributed by atoms with van der Waals surface area (Å²) < 4.78 is 41.2. The summed E-state index contributed by atoms with van der Waals surface area (Å²) in [6.45, 7) is -0.0395. The number of ether oxygens (including phenoxy) is 1. The minimum Gasteiger partial charge on any atom is -0.484 e. The average Bonchev–Trinajstić information content (AvgIpc) is 2.91. The predicted octanol–water partition coefficient (Wildman–Crippen LogP) is 3.50. The first kappa shape index (κ1) is 21.1. The number of alkyl halides is 3. The molecule has 1 atom stereocenters. The average molecular weight is 423 g/mol. The van der Waals surface area contributed by atoms with E-state index >= 15 is 0 Å². The number of rotatable bonds is 6. The van der Waals surface area contributed by atoms with Gasteiger partial charge in [0.05, 0.1) is 11.5 Å². The monoisotopic (exact) mass is 423 g/mol. The highest BCUT2D eigenvalue weighted by Crippen LogP contribution is 2.31. The molecule has 0 spiro atoms. The van der Waals surface area contributed by atoms with Crippen LogP contribution in [0, 0.1) is 10.1 Å². The van der Waals surface area contributed by atoms with Crippen molar-refractivity contribution in [2.75, 3.05) is 6.61 Å². The van der Waals surface area contributed by atoms with Crippen LogP contribution in [0.25, 0.3) is 0 Å². The number of hydrogen-bond acceptors (Lipinski definition) is 5. The number of non-ortho nitro benzene ring substituents is 1. The Hall–Kier alpha value is -3.63. The molecule has 11 heteroatoms. The Balaban J connectivity index is 1.72. The summed E-state index contributed by atoms with van der Waals surface area (Å²) in [7, 11) is 0. The third-order valence-corrected chi connectivity index (χ3v) is 4.60. The molecule has 1 fully saturated rings. The van der Waals surface area contributed by atoms with Gasteiger partial charge in [0.25, 0.3) is 11.6 Å². The molecule has 0 aromatic heterocycles. The number of amides is 3. The van der Waals surface area contributed by atoms with Crippen molar-refractivity contribution in [3.05, 3.63) is 69.8 Å². The van der Waals surface area contributed by atoms with Crippen LogP contribution in [-0.4, -0.2) is 34.5 Å². The van der Waals surface area contributed by atoms with E-state index in [1.165, 1.54) is 55.5 Å². The molecule has 1 N–H and O–H groups in total. The lowest BCUT2D eigenvalue weighted by atomic mass is 9.92. The zero-order chi connectivity index (χ0) is 22.1. The second kappa shape index (κ2) is 7.65. The Morgan fingerprint density at radius 1 is 1.10 bits per heavy atom. The maximum atomic E-state index is 12.9. The maximum absolute atomic E-state index is 12.9. The molecular formula is C19H16F3N3O5. The Bertz CT molecular complexity index is 976. The van der Waals surface area contributed by atoms with E-state index in [1.54, 1.807) is 0 Å². The van der Waals surface area contributed by atoms with Crippen molar-refractivity contribution in [3.8, 4) is 5.75 Å². The largest absolute Gasteiger partial charge is 0.484 e. The molecule has 0 bridgehead atoms. The molecule has 0 saturated carbocycles. The molecule has 158 valence electrons. The van der Waals surface area contributed by atoms with Crippen molar-refractivity contribution in [2.45, 2.75) is 25.2 Å². The Morgan fingerprint density at radius 3 is 2.23 bits per heavy atom. The number of carbonyl (C=O) groups is 2. The van der Waals surface area contributed by atoms with Crippen LogP contribution < -0.4 is 10.1 Å². The van der Waals surface area contributed by atoms with Crippen LogP contribution in [0.1, 0.15) is 18.1 Å². The first-order valence-electron chi connectivity index (χ1n) is 8.67. The maximum Gasteiger partial charge on any atom is 0.422 e. The van der Waals surface area contributed by atoms with Crippen LogP contribution in [-0.2, 0) is 16.9 Å². The van der Waals surface area contributed by atoms with Gasteiger partial charge in [-0.1, -0.05) is 12.1 Å². The van der Waals surface area contributed by atoms with Gasteiger partial charge < -0.3 is 10.1 Å². The lowest BCUT2D eigenvalue weighted by Gasteiger charge is -2.22. The van der Waals surface area contributed by atoms with Crippen molar-refractivity contribution in [3.63, 3.8) is 0 Å². The van der Waals surface area contributed by atoms with Crippen molar-refractivity contribution < 1.29 is 32.4 Å². The fourth-order valence-corrected chi connectivity index (χ4v) is 2.99. The predicted molar refractivity (Wildman–Crippen MR) is 97.5 cm³/mol. The number of nitro benzene ring substituents is 1. The van der Waals surface area contributed by atoms with Crippen molar-refractivity contribution >= 4 is 17.6 Å². The second-order valence-corrected chi connectivity index (χ2v) is 6.80. The van der Waals surface area contributed by atoms with Crippen LogP contribution in [0.15, 0.2) is 48.5 Å². The van der Waals surface area contributed by atoms with Gasteiger partial charge >= 0.3 is 12.2 Å².